The Kier molecular flexibility index (Phi) is 2.38. The second kappa shape index (κ2) is 3.69. The minimum Gasteiger partial charge on any atom is -0.396 e. The summed E-state index contributed by atoms with van der Waals surface area (Å²) in [6.45, 7) is 0.0503. The number of aliphatic hydroxyl groups is 1. The van der Waals surface area contributed by atoms with Crippen molar-refractivity contribution in [3.63, 3.8) is 0 Å². The quantitative estimate of drug-likeness (QED) is 0.686. The maximum Gasteiger partial charge on any atom is 0.250 e. The second-order valence-electron chi connectivity index (χ2n) is 2.96. The van der Waals surface area contributed by atoms with Gasteiger partial charge in [0.25, 0.3) is 5.78 Å². The molecule has 0 amide bonds. The highest BCUT2D eigenvalue weighted by Gasteiger charge is 2.11. The summed E-state index contributed by atoms with van der Waals surface area (Å²) in [6.07, 6.45) is 5.27. The molecule has 2 rings (SSSR count). The predicted molar refractivity (Wildman–Crippen MR) is 49.4 cm³/mol. The number of aliphatic hydroxyl groups excluding tert-OH is 1. The van der Waals surface area contributed by atoms with E-state index >= 15 is 0 Å². The number of imidazole rings is 1. The van der Waals surface area contributed by atoms with Gasteiger partial charge < -0.3 is 10.8 Å². The molecule has 0 fully saturated rings. The van der Waals surface area contributed by atoms with Crippen molar-refractivity contribution in [2.24, 2.45) is 5.73 Å². The molecule has 0 radical (unpaired) electrons. The van der Waals surface area contributed by atoms with Gasteiger partial charge in [-0.25, -0.2) is 9.97 Å². The van der Waals surface area contributed by atoms with Crippen LogP contribution in [-0.4, -0.2) is 31.3 Å². The molecule has 3 N–H and O–H groups in total. The minimum absolute atomic E-state index is 0.0503. The molecule has 0 aliphatic heterocycles. The highest BCUT2D eigenvalue weighted by molar-refractivity contribution is 5.28. The second-order valence-corrected chi connectivity index (χ2v) is 2.96. The maximum absolute atomic E-state index is 8.76. The van der Waals surface area contributed by atoms with Gasteiger partial charge in [-0.2, -0.15) is 9.61 Å². The summed E-state index contributed by atoms with van der Waals surface area (Å²) in [5.41, 5.74) is 6.59. The Bertz CT molecular complexity index is 426. The van der Waals surface area contributed by atoms with Gasteiger partial charge in [0.05, 0.1) is 30.3 Å². The average Bonchev–Trinajstić information content (AvgIpc) is 2.61. The van der Waals surface area contributed by atoms with E-state index in [1.54, 1.807) is 23.1 Å². The Morgan fingerprint density at radius 3 is 3.07 bits per heavy atom. The van der Waals surface area contributed by atoms with E-state index in [1.807, 2.05) is 0 Å². The van der Waals surface area contributed by atoms with Gasteiger partial charge in [-0.3, -0.25) is 0 Å². The number of rotatable bonds is 3. The van der Waals surface area contributed by atoms with E-state index in [0.717, 1.165) is 5.69 Å². The fourth-order valence-electron chi connectivity index (χ4n) is 1.29. The summed E-state index contributed by atoms with van der Waals surface area (Å²) >= 11 is 0. The van der Waals surface area contributed by atoms with E-state index in [4.69, 9.17) is 10.8 Å². The zero-order chi connectivity index (χ0) is 9.97. The van der Waals surface area contributed by atoms with Gasteiger partial charge in [0, 0.05) is 6.61 Å². The standard InChI is InChI=1S/C8H11N5O/c9-6(1-4-14)7-5-11-8-10-2-3-12-13(7)8/h2-3,5-6,14H,1,4,9H2. The van der Waals surface area contributed by atoms with Crippen LogP contribution in [0.1, 0.15) is 18.2 Å². The summed E-state index contributed by atoms with van der Waals surface area (Å²) in [5.74, 6) is 0.524. The Hall–Kier alpha value is -1.53. The first-order valence-electron chi connectivity index (χ1n) is 4.34. The average molecular weight is 193 g/mol. The van der Waals surface area contributed by atoms with Crippen molar-refractivity contribution >= 4 is 5.78 Å². The van der Waals surface area contributed by atoms with Crippen LogP contribution >= 0.6 is 0 Å². The van der Waals surface area contributed by atoms with E-state index in [2.05, 4.69) is 15.1 Å². The van der Waals surface area contributed by atoms with Crippen LogP contribution in [0.4, 0.5) is 0 Å². The molecule has 1 atom stereocenters. The van der Waals surface area contributed by atoms with Gasteiger partial charge in [-0.05, 0) is 6.42 Å². The fourth-order valence-corrected chi connectivity index (χ4v) is 1.29. The molecule has 6 nitrogen and oxygen atoms in total. The predicted octanol–water partition coefficient (Wildman–Crippen LogP) is -0.494. The maximum atomic E-state index is 8.76. The smallest absolute Gasteiger partial charge is 0.250 e. The molecule has 0 saturated heterocycles. The van der Waals surface area contributed by atoms with Crippen LogP contribution in [0.3, 0.4) is 0 Å². The SMILES string of the molecule is NC(CCO)c1cnc2nccnn12. The van der Waals surface area contributed by atoms with Crippen molar-refractivity contribution in [3.05, 3.63) is 24.3 Å². The van der Waals surface area contributed by atoms with E-state index in [-0.39, 0.29) is 12.6 Å². The minimum atomic E-state index is -0.258. The molecule has 6 heteroatoms. The van der Waals surface area contributed by atoms with Crippen molar-refractivity contribution in [1.82, 2.24) is 19.6 Å². The van der Waals surface area contributed by atoms with Gasteiger partial charge in [0.15, 0.2) is 0 Å². The lowest BCUT2D eigenvalue weighted by molar-refractivity contribution is 0.275. The van der Waals surface area contributed by atoms with Crippen molar-refractivity contribution in [2.45, 2.75) is 12.5 Å². The van der Waals surface area contributed by atoms with E-state index in [9.17, 15) is 0 Å². The lowest BCUT2D eigenvalue weighted by Crippen LogP contribution is -2.15. The lowest BCUT2D eigenvalue weighted by Gasteiger charge is -2.07. The molecule has 1 unspecified atom stereocenters. The largest absolute Gasteiger partial charge is 0.396 e. The molecule has 2 aromatic heterocycles. The Labute approximate surface area is 80.4 Å². The number of nitrogens with two attached hydrogens (primary N) is 1. The number of hydrogen-bond acceptors (Lipinski definition) is 5. The highest BCUT2D eigenvalue weighted by Crippen LogP contribution is 2.12. The Morgan fingerprint density at radius 2 is 2.29 bits per heavy atom. The van der Waals surface area contributed by atoms with E-state index in [1.165, 1.54) is 0 Å². The zero-order valence-electron chi connectivity index (χ0n) is 7.54. The van der Waals surface area contributed by atoms with Crippen LogP contribution in [0, 0.1) is 0 Å². The number of hydrogen-bond donors (Lipinski definition) is 2. The van der Waals surface area contributed by atoms with Crippen LogP contribution in [0.25, 0.3) is 5.78 Å². The van der Waals surface area contributed by atoms with E-state index < -0.39 is 0 Å². The van der Waals surface area contributed by atoms with Gasteiger partial charge in [-0.1, -0.05) is 0 Å². The Morgan fingerprint density at radius 1 is 1.43 bits per heavy atom. The Balaban J connectivity index is 2.42. The molecule has 2 aromatic rings. The van der Waals surface area contributed by atoms with Crippen molar-refractivity contribution in [1.29, 1.82) is 0 Å². The molecular formula is C8H11N5O. The van der Waals surface area contributed by atoms with Crippen LogP contribution in [0.15, 0.2) is 18.6 Å². The molecule has 2 heterocycles. The highest BCUT2D eigenvalue weighted by atomic mass is 16.3. The van der Waals surface area contributed by atoms with Gasteiger partial charge in [-0.15, -0.1) is 0 Å². The number of fused-ring (bicyclic) bond motifs is 1. The zero-order valence-corrected chi connectivity index (χ0v) is 7.54. The monoisotopic (exact) mass is 193 g/mol. The first-order chi connectivity index (χ1) is 6.83. The van der Waals surface area contributed by atoms with Crippen LogP contribution in [0.5, 0.6) is 0 Å². The molecule has 0 aromatic carbocycles. The number of aromatic nitrogens is 4. The third-order valence-electron chi connectivity index (χ3n) is 2.01. The normalized spacial score (nSPS) is 13.3. The summed E-state index contributed by atoms with van der Waals surface area (Å²) in [4.78, 5) is 8.07. The fraction of sp³-hybridized carbons (Fsp3) is 0.375. The topological polar surface area (TPSA) is 89.3 Å². The summed E-state index contributed by atoms with van der Waals surface area (Å²) in [7, 11) is 0. The van der Waals surface area contributed by atoms with Gasteiger partial charge in [0.2, 0.25) is 0 Å². The van der Waals surface area contributed by atoms with Crippen molar-refractivity contribution < 1.29 is 5.11 Å². The molecular weight excluding hydrogens is 182 g/mol. The van der Waals surface area contributed by atoms with Gasteiger partial charge in [0.1, 0.15) is 0 Å². The summed E-state index contributed by atoms with van der Waals surface area (Å²) < 4.78 is 1.58. The first-order valence-corrected chi connectivity index (χ1v) is 4.34. The molecule has 0 spiro atoms. The van der Waals surface area contributed by atoms with Crippen LogP contribution in [-0.2, 0) is 0 Å². The van der Waals surface area contributed by atoms with Crippen LogP contribution in [0.2, 0.25) is 0 Å². The summed E-state index contributed by atoms with van der Waals surface area (Å²) in [5, 5.41) is 12.8. The van der Waals surface area contributed by atoms with Crippen LogP contribution < -0.4 is 5.73 Å². The lowest BCUT2D eigenvalue weighted by atomic mass is 10.2. The van der Waals surface area contributed by atoms with Gasteiger partial charge >= 0.3 is 0 Å². The molecule has 0 aliphatic carbocycles. The molecule has 74 valence electrons. The van der Waals surface area contributed by atoms with Crippen molar-refractivity contribution in [3.8, 4) is 0 Å². The third kappa shape index (κ3) is 1.45. The molecule has 0 saturated carbocycles. The molecule has 14 heavy (non-hydrogen) atoms. The third-order valence-corrected chi connectivity index (χ3v) is 2.01. The number of nitrogens with zero attached hydrogens (tertiary/aromatic N) is 4. The molecule has 0 bridgehead atoms. The molecule has 0 aliphatic rings. The summed E-state index contributed by atoms with van der Waals surface area (Å²) in [6, 6.07) is -0.258. The van der Waals surface area contributed by atoms with E-state index in [0.29, 0.717) is 12.2 Å². The first kappa shape index (κ1) is 9.04. The van der Waals surface area contributed by atoms with Crippen molar-refractivity contribution in [2.75, 3.05) is 6.61 Å².